The van der Waals surface area contributed by atoms with Crippen molar-refractivity contribution in [1.29, 1.82) is 0 Å². The molecule has 0 unspecified atom stereocenters. The average molecular weight is 533 g/mol. The van der Waals surface area contributed by atoms with E-state index in [1.165, 1.54) is 23.7 Å². The average Bonchev–Trinajstić information content (AvgIpc) is 3.61. The number of carbonyl (C=O) groups excluding carboxylic acids is 1. The third-order valence-corrected chi connectivity index (χ3v) is 8.49. The molecule has 1 aliphatic carbocycles. The fourth-order valence-corrected chi connectivity index (χ4v) is 5.61. The van der Waals surface area contributed by atoms with Gasteiger partial charge in [0, 0.05) is 26.1 Å². The Morgan fingerprint density at radius 1 is 1.25 bits per heavy atom. The van der Waals surface area contributed by atoms with Crippen molar-refractivity contribution in [2.75, 3.05) is 25.0 Å². The number of pyridine rings is 1. The molecular formula is C23H28N6O5S2. The molecule has 0 bridgehead atoms. The molecule has 36 heavy (non-hydrogen) atoms. The number of sulfonamides is 1. The van der Waals surface area contributed by atoms with Crippen molar-refractivity contribution < 1.29 is 22.7 Å². The van der Waals surface area contributed by atoms with E-state index in [1.807, 2.05) is 13.8 Å². The Bertz CT molecular complexity index is 1330. The molecule has 3 aromatic rings. The lowest BCUT2D eigenvalue weighted by Gasteiger charge is -2.30. The topological polar surface area (TPSA) is 145 Å². The van der Waals surface area contributed by atoms with Gasteiger partial charge in [-0.2, -0.15) is 0 Å². The SMILES string of the molecule is CCOc1cncc(-c2cnc(C(=O)N[C@@](C)(CCOC)c3cc(NS(=O)(=O)C4CC4)ccn3)s2)n1. The molecule has 2 N–H and O–H groups in total. The molecule has 1 amide bonds. The third kappa shape index (κ3) is 6.15. The lowest BCUT2D eigenvalue weighted by Crippen LogP contribution is -2.45. The van der Waals surface area contributed by atoms with Crippen LogP contribution in [0.5, 0.6) is 5.88 Å². The highest BCUT2D eigenvalue weighted by Gasteiger charge is 2.36. The van der Waals surface area contributed by atoms with Gasteiger partial charge in [-0.3, -0.25) is 19.5 Å². The fourth-order valence-electron chi connectivity index (χ4n) is 3.47. The van der Waals surface area contributed by atoms with Crippen LogP contribution in [0.15, 0.2) is 36.9 Å². The van der Waals surface area contributed by atoms with Crippen molar-refractivity contribution in [1.82, 2.24) is 25.3 Å². The van der Waals surface area contributed by atoms with Gasteiger partial charge in [0.1, 0.15) is 5.69 Å². The van der Waals surface area contributed by atoms with Crippen molar-refractivity contribution in [2.45, 2.75) is 43.9 Å². The first-order valence-corrected chi connectivity index (χ1v) is 13.8. The predicted molar refractivity (Wildman–Crippen MR) is 135 cm³/mol. The van der Waals surface area contributed by atoms with Crippen LogP contribution in [0.3, 0.4) is 0 Å². The van der Waals surface area contributed by atoms with Gasteiger partial charge in [0.25, 0.3) is 5.91 Å². The number of rotatable bonds is 12. The van der Waals surface area contributed by atoms with E-state index in [0.29, 0.717) is 60.3 Å². The van der Waals surface area contributed by atoms with Gasteiger partial charge in [0.05, 0.1) is 46.0 Å². The summed E-state index contributed by atoms with van der Waals surface area (Å²) in [7, 11) is -1.86. The highest BCUT2D eigenvalue weighted by molar-refractivity contribution is 7.93. The largest absolute Gasteiger partial charge is 0.477 e. The van der Waals surface area contributed by atoms with Crippen LogP contribution in [0.4, 0.5) is 5.69 Å². The van der Waals surface area contributed by atoms with E-state index in [2.05, 4.69) is 30.0 Å². The van der Waals surface area contributed by atoms with Gasteiger partial charge >= 0.3 is 0 Å². The number of nitrogens with zero attached hydrogens (tertiary/aromatic N) is 4. The summed E-state index contributed by atoms with van der Waals surface area (Å²) in [5.74, 6) is -0.00523. The van der Waals surface area contributed by atoms with Crippen molar-refractivity contribution in [2.24, 2.45) is 0 Å². The van der Waals surface area contributed by atoms with E-state index >= 15 is 0 Å². The van der Waals surface area contributed by atoms with Crippen LogP contribution in [0, 0.1) is 0 Å². The molecule has 1 atom stereocenters. The monoisotopic (exact) mass is 532 g/mol. The molecule has 3 aromatic heterocycles. The maximum Gasteiger partial charge on any atom is 0.281 e. The van der Waals surface area contributed by atoms with Gasteiger partial charge < -0.3 is 14.8 Å². The van der Waals surface area contributed by atoms with E-state index in [0.717, 1.165) is 0 Å². The normalized spacial score (nSPS) is 15.2. The lowest BCUT2D eigenvalue weighted by atomic mass is 9.92. The zero-order valence-electron chi connectivity index (χ0n) is 20.2. The summed E-state index contributed by atoms with van der Waals surface area (Å²) in [5.41, 5.74) is 0.497. The zero-order chi connectivity index (χ0) is 25.8. The standard InChI is InChI=1S/C23H28N6O5S2/c1-4-34-20-14-24-12-17(27-20)18-13-26-22(35-18)21(30)28-23(2,8-10-33-3)19-11-15(7-9-25-19)29-36(31,32)16-5-6-16/h7,9,11-14,16H,4-6,8,10H2,1-3H3,(H,25,29)(H,28,30)/t23-/m0/s1. The van der Waals surface area contributed by atoms with Gasteiger partial charge in [-0.05, 0) is 45.2 Å². The zero-order valence-corrected chi connectivity index (χ0v) is 21.9. The highest BCUT2D eigenvalue weighted by atomic mass is 32.2. The second kappa shape index (κ2) is 10.8. The van der Waals surface area contributed by atoms with Crippen LogP contribution >= 0.6 is 11.3 Å². The molecule has 11 nitrogen and oxygen atoms in total. The molecule has 1 aliphatic rings. The van der Waals surface area contributed by atoms with E-state index in [-0.39, 0.29) is 10.3 Å². The van der Waals surface area contributed by atoms with Crippen LogP contribution in [-0.2, 0) is 20.3 Å². The Morgan fingerprint density at radius 3 is 2.78 bits per heavy atom. The molecule has 4 rings (SSSR count). The Morgan fingerprint density at radius 2 is 2.06 bits per heavy atom. The lowest BCUT2D eigenvalue weighted by molar-refractivity contribution is 0.0869. The van der Waals surface area contributed by atoms with E-state index in [4.69, 9.17) is 9.47 Å². The smallest absolute Gasteiger partial charge is 0.281 e. The van der Waals surface area contributed by atoms with Gasteiger partial charge in [0.2, 0.25) is 15.9 Å². The third-order valence-electron chi connectivity index (χ3n) is 5.60. The number of nitrogens with one attached hydrogen (secondary N) is 2. The van der Waals surface area contributed by atoms with Crippen molar-refractivity contribution in [3.05, 3.63) is 47.6 Å². The molecule has 192 valence electrons. The molecule has 0 spiro atoms. The first kappa shape index (κ1) is 25.9. The Hall–Kier alpha value is -3.16. The summed E-state index contributed by atoms with van der Waals surface area (Å²) in [4.78, 5) is 31.1. The molecule has 13 heteroatoms. The second-order valence-electron chi connectivity index (χ2n) is 8.51. The first-order valence-electron chi connectivity index (χ1n) is 11.4. The molecule has 1 saturated carbocycles. The molecule has 0 aliphatic heterocycles. The quantitative estimate of drug-likeness (QED) is 0.359. The molecule has 0 radical (unpaired) electrons. The van der Waals surface area contributed by atoms with Gasteiger partial charge in [-0.25, -0.2) is 18.4 Å². The summed E-state index contributed by atoms with van der Waals surface area (Å²) in [6.45, 7) is 4.49. The molecular weight excluding hydrogens is 504 g/mol. The van der Waals surface area contributed by atoms with Crippen LogP contribution in [0.2, 0.25) is 0 Å². The summed E-state index contributed by atoms with van der Waals surface area (Å²) in [6, 6.07) is 3.23. The molecule has 1 fully saturated rings. The number of methoxy groups -OCH3 is 1. The van der Waals surface area contributed by atoms with Crippen LogP contribution < -0.4 is 14.8 Å². The number of hydrogen-bond donors (Lipinski definition) is 2. The van der Waals surface area contributed by atoms with Gasteiger partial charge in [0.15, 0.2) is 5.01 Å². The molecule has 0 saturated heterocycles. The van der Waals surface area contributed by atoms with Crippen molar-refractivity contribution in [3.63, 3.8) is 0 Å². The van der Waals surface area contributed by atoms with Gasteiger partial charge in [-0.15, -0.1) is 11.3 Å². The number of ether oxygens (including phenoxy) is 2. The van der Waals surface area contributed by atoms with Crippen LogP contribution in [-0.4, -0.2) is 59.8 Å². The Kier molecular flexibility index (Phi) is 7.81. The molecule has 0 aromatic carbocycles. The van der Waals surface area contributed by atoms with E-state index in [9.17, 15) is 13.2 Å². The maximum absolute atomic E-state index is 13.2. The maximum atomic E-state index is 13.2. The number of aromatic nitrogens is 4. The van der Waals surface area contributed by atoms with Crippen LogP contribution in [0.1, 0.15) is 48.6 Å². The number of amides is 1. The summed E-state index contributed by atoms with van der Waals surface area (Å²) in [6.07, 6.45) is 7.91. The number of carbonyl (C=O) groups is 1. The first-order chi connectivity index (χ1) is 17.2. The fraction of sp³-hybridized carbons (Fsp3) is 0.435. The number of hydrogen-bond acceptors (Lipinski definition) is 10. The summed E-state index contributed by atoms with van der Waals surface area (Å²) >= 11 is 1.18. The minimum atomic E-state index is -3.43. The summed E-state index contributed by atoms with van der Waals surface area (Å²) < 4.78 is 38.1. The van der Waals surface area contributed by atoms with E-state index in [1.54, 1.807) is 31.6 Å². The van der Waals surface area contributed by atoms with Crippen LogP contribution in [0.25, 0.3) is 10.6 Å². The van der Waals surface area contributed by atoms with Crippen molar-refractivity contribution >= 4 is 33.0 Å². The summed E-state index contributed by atoms with van der Waals surface area (Å²) in [5, 5.41) is 2.89. The number of anilines is 1. The van der Waals surface area contributed by atoms with Crippen molar-refractivity contribution in [3.8, 4) is 16.5 Å². The predicted octanol–water partition coefficient (Wildman–Crippen LogP) is 2.98. The highest BCUT2D eigenvalue weighted by Crippen LogP contribution is 2.32. The van der Waals surface area contributed by atoms with Gasteiger partial charge in [-0.1, -0.05) is 0 Å². The minimum Gasteiger partial charge on any atom is -0.477 e. The second-order valence-corrected chi connectivity index (χ2v) is 11.5. The number of thiazole rings is 1. The Balaban J connectivity index is 1.55. The Labute approximate surface area is 213 Å². The molecule has 3 heterocycles. The minimum absolute atomic E-state index is 0.239. The van der Waals surface area contributed by atoms with E-state index < -0.39 is 21.5 Å².